The van der Waals surface area contributed by atoms with Crippen molar-refractivity contribution in [2.24, 2.45) is 5.92 Å². The van der Waals surface area contributed by atoms with Crippen LogP contribution in [0, 0.1) is 5.92 Å². The smallest absolute Gasteiger partial charge is 0.0502 e. The minimum atomic E-state index is -0.690. The maximum absolute atomic E-state index is 11.8. The van der Waals surface area contributed by atoms with Crippen LogP contribution in [-0.4, -0.2) is 15.7 Å². The van der Waals surface area contributed by atoms with Crippen LogP contribution < -0.4 is 5.32 Å². The van der Waals surface area contributed by atoms with E-state index in [1.165, 1.54) is 18.4 Å². The first kappa shape index (κ1) is 10.7. The molecular formula is C12H17NOS. The molecule has 0 amide bonds. The van der Waals surface area contributed by atoms with Gasteiger partial charge in [0.25, 0.3) is 0 Å². The zero-order valence-corrected chi connectivity index (χ0v) is 9.85. The van der Waals surface area contributed by atoms with Crippen LogP contribution in [0.1, 0.15) is 19.8 Å². The number of rotatable bonds is 4. The third kappa shape index (κ3) is 3.34. The molecule has 1 N–H and O–H groups in total. The molecule has 2 rings (SSSR count). The summed E-state index contributed by atoms with van der Waals surface area (Å²) in [6.45, 7) is 2.03. The number of hydrogen-bond donors (Lipinski definition) is 1. The van der Waals surface area contributed by atoms with E-state index < -0.39 is 10.8 Å². The maximum atomic E-state index is 11.8. The van der Waals surface area contributed by atoms with Gasteiger partial charge in [-0.3, -0.25) is 4.21 Å². The molecule has 0 bridgehead atoms. The lowest BCUT2D eigenvalue weighted by Crippen LogP contribution is -2.10. The van der Waals surface area contributed by atoms with Crippen molar-refractivity contribution in [3.8, 4) is 0 Å². The van der Waals surface area contributed by atoms with Gasteiger partial charge in [-0.15, -0.1) is 0 Å². The Hall–Kier alpha value is -0.830. The standard InChI is InChI=1S/C12H17NOS/c1-10-12(4-2-3-7-13-10)9-15(14)8-11-5-6-11/h2-4,7,11,13H,5-6,8-9H2,1H3/t15-/m0/s1. The zero-order chi connectivity index (χ0) is 10.7. The van der Waals surface area contributed by atoms with Crippen molar-refractivity contribution in [3.63, 3.8) is 0 Å². The summed E-state index contributed by atoms with van der Waals surface area (Å²) in [6, 6.07) is 0. The average Bonchev–Trinajstić information content (AvgIpc) is 2.98. The van der Waals surface area contributed by atoms with Gasteiger partial charge in [-0.25, -0.2) is 0 Å². The zero-order valence-electron chi connectivity index (χ0n) is 9.03. The predicted octanol–water partition coefficient (Wildman–Crippen LogP) is 2.09. The second kappa shape index (κ2) is 4.79. The molecule has 3 heteroatoms. The van der Waals surface area contributed by atoms with Gasteiger partial charge in [0.15, 0.2) is 0 Å². The quantitative estimate of drug-likeness (QED) is 0.790. The molecule has 15 heavy (non-hydrogen) atoms. The molecule has 1 saturated carbocycles. The summed E-state index contributed by atoms with van der Waals surface area (Å²) < 4.78 is 11.8. The van der Waals surface area contributed by atoms with Gasteiger partial charge in [0.2, 0.25) is 0 Å². The van der Waals surface area contributed by atoms with Gasteiger partial charge in [0, 0.05) is 28.4 Å². The summed E-state index contributed by atoms with van der Waals surface area (Å²) in [6.07, 6.45) is 10.5. The Labute approximate surface area is 93.6 Å². The van der Waals surface area contributed by atoms with Crippen LogP contribution in [0.3, 0.4) is 0 Å². The summed E-state index contributed by atoms with van der Waals surface area (Å²) >= 11 is 0. The van der Waals surface area contributed by atoms with E-state index in [9.17, 15) is 4.21 Å². The minimum Gasteiger partial charge on any atom is -0.365 e. The molecule has 1 atom stereocenters. The van der Waals surface area contributed by atoms with Crippen molar-refractivity contribution >= 4 is 10.8 Å². The third-order valence-electron chi connectivity index (χ3n) is 2.72. The lowest BCUT2D eigenvalue weighted by molar-refractivity contribution is 0.681. The summed E-state index contributed by atoms with van der Waals surface area (Å²) in [5.74, 6) is 2.32. The fourth-order valence-corrected chi connectivity index (χ4v) is 3.19. The molecule has 1 aliphatic heterocycles. The lowest BCUT2D eigenvalue weighted by atomic mass is 10.2. The van der Waals surface area contributed by atoms with E-state index in [0.717, 1.165) is 17.4 Å². The summed E-state index contributed by atoms with van der Waals surface area (Å²) in [7, 11) is -0.690. The Morgan fingerprint density at radius 3 is 3.00 bits per heavy atom. The highest BCUT2D eigenvalue weighted by atomic mass is 32.2. The van der Waals surface area contributed by atoms with Gasteiger partial charge in [-0.05, 0) is 37.3 Å². The number of hydrogen-bond acceptors (Lipinski definition) is 2. The topological polar surface area (TPSA) is 29.1 Å². The SMILES string of the molecule is CC1=C(C[S@@](=O)CC2CC2)C=CC=CN1. The van der Waals surface area contributed by atoms with Crippen molar-refractivity contribution in [2.45, 2.75) is 19.8 Å². The third-order valence-corrected chi connectivity index (χ3v) is 4.20. The van der Waals surface area contributed by atoms with Crippen LogP contribution in [0.4, 0.5) is 0 Å². The van der Waals surface area contributed by atoms with E-state index >= 15 is 0 Å². The van der Waals surface area contributed by atoms with E-state index in [1.807, 2.05) is 25.3 Å². The minimum absolute atomic E-state index is 0.688. The van der Waals surface area contributed by atoms with Crippen LogP contribution in [0.5, 0.6) is 0 Å². The molecule has 0 unspecified atom stereocenters. The summed E-state index contributed by atoms with van der Waals surface area (Å²) in [4.78, 5) is 0. The highest BCUT2D eigenvalue weighted by Gasteiger charge is 2.23. The highest BCUT2D eigenvalue weighted by Crippen LogP contribution is 2.30. The molecule has 2 aliphatic rings. The molecule has 1 fully saturated rings. The normalized spacial score (nSPS) is 22.5. The van der Waals surface area contributed by atoms with Crippen molar-refractivity contribution in [2.75, 3.05) is 11.5 Å². The first-order chi connectivity index (χ1) is 7.25. The Balaban J connectivity index is 1.94. The summed E-state index contributed by atoms with van der Waals surface area (Å²) in [5.41, 5.74) is 2.28. The van der Waals surface area contributed by atoms with Gasteiger partial charge < -0.3 is 5.32 Å². The number of allylic oxidation sites excluding steroid dienone is 4. The summed E-state index contributed by atoms with van der Waals surface area (Å²) in [5, 5.41) is 3.17. The molecular weight excluding hydrogens is 206 g/mol. The molecule has 82 valence electrons. The maximum Gasteiger partial charge on any atom is 0.0502 e. The lowest BCUT2D eigenvalue weighted by Gasteiger charge is -2.07. The van der Waals surface area contributed by atoms with Crippen molar-refractivity contribution < 1.29 is 4.21 Å². The Morgan fingerprint density at radius 2 is 2.27 bits per heavy atom. The van der Waals surface area contributed by atoms with E-state index in [-0.39, 0.29) is 0 Å². The van der Waals surface area contributed by atoms with E-state index in [0.29, 0.717) is 5.75 Å². The molecule has 1 aliphatic carbocycles. The van der Waals surface area contributed by atoms with Gasteiger partial charge in [0.1, 0.15) is 0 Å². The Kier molecular flexibility index (Phi) is 3.41. The van der Waals surface area contributed by atoms with Crippen LogP contribution in [-0.2, 0) is 10.8 Å². The van der Waals surface area contributed by atoms with Crippen molar-refractivity contribution in [1.82, 2.24) is 5.32 Å². The molecule has 1 heterocycles. The molecule has 2 nitrogen and oxygen atoms in total. The van der Waals surface area contributed by atoms with E-state index in [1.54, 1.807) is 0 Å². The van der Waals surface area contributed by atoms with Gasteiger partial charge in [-0.2, -0.15) is 0 Å². The predicted molar refractivity (Wildman–Crippen MR) is 64.7 cm³/mol. The van der Waals surface area contributed by atoms with Gasteiger partial charge >= 0.3 is 0 Å². The Bertz CT molecular complexity index is 351. The fraction of sp³-hybridized carbons (Fsp3) is 0.500. The first-order valence-corrected chi connectivity index (χ1v) is 6.89. The molecule has 0 aromatic carbocycles. The van der Waals surface area contributed by atoms with Crippen LogP contribution >= 0.6 is 0 Å². The largest absolute Gasteiger partial charge is 0.365 e. The van der Waals surface area contributed by atoms with Crippen LogP contribution in [0.25, 0.3) is 0 Å². The number of nitrogens with one attached hydrogen (secondary N) is 1. The molecule has 0 saturated heterocycles. The first-order valence-electron chi connectivity index (χ1n) is 5.40. The van der Waals surface area contributed by atoms with Crippen molar-refractivity contribution in [1.29, 1.82) is 0 Å². The fourth-order valence-electron chi connectivity index (χ4n) is 1.55. The van der Waals surface area contributed by atoms with Gasteiger partial charge in [-0.1, -0.05) is 12.2 Å². The van der Waals surface area contributed by atoms with E-state index in [2.05, 4.69) is 11.4 Å². The van der Waals surface area contributed by atoms with Crippen molar-refractivity contribution in [3.05, 3.63) is 35.7 Å². The van der Waals surface area contributed by atoms with E-state index in [4.69, 9.17) is 0 Å². The van der Waals surface area contributed by atoms with Crippen LogP contribution in [0.15, 0.2) is 35.7 Å². The monoisotopic (exact) mass is 223 g/mol. The second-order valence-corrected chi connectivity index (χ2v) is 5.71. The molecule has 0 spiro atoms. The average molecular weight is 223 g/mol. The molecule has 0 aromatic rings. The Morgan fingerprint density at radius 1 is 1.47 bits per heavy atom. The van der Waals surface area contributed by atoms with Crippen LogP contribution in [0.2, 0.25) is 0 Å². The van der Waals surface area contributed by atoms with Gasteiger partial charge in [0.05, 0.1) is 5.75 Å². The second-order valence-electron chi connectivity index (χ2n) is 4.21. The molecule has 0 aromatic heterocycles. The molecule has 0 radical (unpaired) electrons. The highest BCUT2D eigenvalue weighted by molar-refractivity contribution is 7.85.